The van der Waals surface area contributed by atoms with Crippen LogP contribution in [0.1, 0.15) is 10.5 Å². The molecule has 1 aliphatic heterocycles. The summed E-state index contributed by atoms with van der Waals surface area (Å²) in [7, 11) is 0. The molecule has 19 heavy (non-hydrogen) atoms. The molecule has 0 fully saturated rings. The first-order chi connectivity index (χ1) is 9.31. The maximum atomic E-state index is 12.5. The van der Waals surface area contributed by atoms with Gasteiger partial charge in [0.15, 0.2) is 0 Å². The van der Waals surface area contributed by atoms with Crippen LogP contribution in [0.3, 0.4) is 0 Å². The van der Waals surface area contributed by atoms with Gasteiger partial charge in [0.1, 0.15) is 0 Å². The highest BCUT2D eigenvalue weighted by Gasteiger charge is 2.30. The van der Waals surface area contributed by atoms with Gasteiger partial charge in [-0.05, 0) is 12.1 Å². The summed E-state index contributed by atoms with van der Waals surface area (Å²) in [5.74, 6) is -0.421. The quantitative estimate of drug-likeness (QED) is 0.720. The summed E-state index contributed by atoms with van der Waals surface area (Å²) in [6.45, 7) is -0.136. The van der Waals surface area contributed by atoms with Gasteiger partial charge in [-0.25, -0.2) is 0 Å². The van der Waals surface area contributed by atoms with Crippen molar-refractivity contribution in [3.05, 3.63) is 42.2 Å². The monoisotopic (exact) mass is 252 g/mol. The number of aliphatic hydroxyl groups is 1. The smallest absolute Gasteiger partial charge is 0.237 e. The number of aromatic nitrogens is 2. The lowest BCUT2D eigenvalue weighted by Gasteiger charge is -2.21. The third kappa shape index (κ3) is 1.26. The second-order valence-electron chi connectivity index (χ2n) is 4.93. The van der Waals surface area contributed by atoms with Gasteiger partial charge < -0.3 is 5.11 Å². The Morgan fingerprint density at radius 1 is 1.26 bits per heavy atom. The number of pyridine rings is 1. The first kappa shape index (κ1) is 10.7. The Morgan fingerprint density at radius 2 is 2.11 bits per heavy atom. The number of carbonyl (C=O) groups excluding carboxylic acids is 1. The van der Waals surface area contributed by atoms with E-state index in [2.05, 4.69) is 4.98 Å². The van der Waals surface area contributed by atoms with Crippen molar-refractivity contribution in [1.29, 1.82) is 0 Å². The van der Waals surface area contributed by atoms with Crippen molar-refractivity contribution in [1.82, 2.24) is 9.55 Å². The highest BCUT2D eigenvalue weighted by atomic mass is 16.3. The average molecular weight is 252 g/mol. The zero-order valence-electron chi connectivity index (χ0n) is 10.2. The Morgan fingerprint density at radius 3 is 2.95 bits per heavy atom. The molecule has 1 aliphatic rings. The molecular weight excluding hydrogens is 240 g/mol. The minimum Gasteiger partial charge on any atom is -0.396 e. The predicted octanol–water partition coefficient (Wildman–Crippen LogP) is 1.99. The zero-order chi connectivity index (χ0) is 13.0. The number of rotatable bonds is 1. The molecule has 3 aromatic rings. The molecule has 0 spiro atoms. The maximum Gasteiger partial charge on any atom is 0.237 e. The molecule has 0 saturated carbocycles. The second-order valence-corrected chi connectivity index (χ2v) is 4.93. The van der Waals surface area contributed by atoms with E-state index in [1.165, 1.54) is 0 Å². The summed E-state index contributed by atoms with van der Waals surface area (Å²) < 4.78 is 1.72. The van der Waals surface area contributed by atoms with Crippen LogP contribution in [0.25, 0.3) is 21.8 Å². The van der Waals surface area contributed by atoms with Crippen molar-refractivity contribution in [2.75, 3.05) is 6.61 Å². The van der Waals surface area contributed by atoms with Gasteiger partial charge in [0.2, 0.25) is 5.91 Å². The number of hydrogen-bond donors (Lipinski definition) is 1. The molecule has 4 nitrogen and oxygen atoms in total. The fraction of sp³-hybridized carbons (Fsp3) is 0.200. The molecule has 4 heteroatoms. The van der Waals surface area contributed by atoms with Gasteiger partial charge >= 0.3 is 0 Å². The van der Waals surface area contributed by atoms with E-state index in [9.17, 15) is 9.90 Å². The maximum absolute atomic E-state index is 12.5. The Bertz CT molecular complexity index is 819. The number of para-hydroxylation sites is 1. The highest BCUT2D eigenvalue weighted by molar-refractivity contribution is 6.15. The van der Waals surface area contributed by atoms with E-state index in [4.69, 9.17) is 0 Å². The van der Waals surface area contributed by atoms with Crippen LogP contribution >= 0.6 is 0 Å². The van der Waals surface area contributed by atoms with Crippen molar-refractivity contribution in [3.63, 3.8) is 0 Å². The fourth-order valence-corrected chi connectivity index (χ4v) is 3.01. The van der Waals surface area contributed by atoms with Gasteiger partial charge in [-0.15, -0.1) is 0 Å². The molecule has 0 aliphatic carbocycles. The molecule has 4 rings (SSSR count). The topological polar surface area (TPSA) is 55.1 Å². The van der Waals surface area contributed by atoms with Crippen molar-refractivity contribution in [3.8, 4) is 0 Å². The number of carbonyl (C=O) groups is 1. The molecule has 94 valence electrons. The molecule has 0 radical (unpaired) electrons. The normalized spacial score (nSPS) is 18.4. The summed E-state index contributed by atoms with van der Waals surface area (Å²) in [5.41, 5.74) is 2.70. The Labute approximate surface area is 109 Å². The van der Waals surface area contributed by atoms with E-state index in [0.29, 0.717) is 6.42 Å². The van der Waals surface area contributed by atoms with Crippen LogP contribution in [0.15, 0.2) is 36.5 Å². The van der Waals surface area contributed by atoms with Crippen LogP contribution in [-0.4, -0.2) is 27.2 Å². The SMILES string of the molecule is O=C1C(CO)Cc2nccc3c4ccccc4n1c23. The fourth-order valence-electron chi connectivity index (χ4n) is 3.01. The predicted molar refractivity (Wildman–Crippen MR) is 72.1 cm³/mol. The summed E-state index contributed by atoms with van der Waals surface area (Å²) in [5, 5.41) is 11.5. The van der Waals surface area contributed by atoms with Crippen LogP contribution in [0.5, 0.6) is 0 Å². The number of fused-ring (bicyclic) bond motifs is 3. The van der Waals surface area contributed by atoms with Crippen LogP contribution in [-0.2, 0) is 6.42 Å². The number of benzene rings is 1. The van der Waals surface area contributed by atoms with E-state index in [1.807, 2.05) is 30.3 Å². The Hall–Kier alpha value is -2.20. The highest BCUT2D eigenvalue weighted by Crippen LogP contribution is 2.34. The van der Waals surface area contributed by atoms with Crippen molar-refractivity contribution in [2.45, 2.75) is 6.42 Å². The first-order valence-electron chi connectivity index (χ1n) is 6.33. The number of nitrogens with zero attached hydrogens (tertiary/aromatic N) is 2. The van der Waals surface area contributed by atoms with Crippen LogP contribution < -0.4 is 0 Å². The van der Waals surface area contributed by atoms with Crippen LogP contribution in [0.2, 0.25) is 0 Å². The minimum absolute atomic E-state index is 0.0331. The van der Waals surface area contributed by atoms with Crippen LogP contribution in [0, 0.1) is 5.92 Å². The molecule has 1 unspecified atom stereocenters. The molecule has 1 atom stereocenters. The summed E-state index contributed by atoms with van der Waals surface area (Å²) in [4.78, 5) is 16.9. The summed E-state index contributed by atoms with van der Waals surface area (Å²) in [6, 6.07) is 9.80. The molecular formula is C15H12N2O2. The third-order valence-electron chi connectivity index (χ3n) is 3.89. The number of aliphatic hydroxyl groups excluding tert-OH is 1. The third-order valence-corrected chi connectivity index (χ3v) is 3.89. The molecule has 1 N–H and O–H groups in total. The molecule has 0 amide bonds. The molecule has 0 bridgehead atoms. The molecule has 3 heterocycles. The van der Waals surface area contributed by atoms with Gasteiger partial charge in [0, 0.05) is 23.4 Å². The second kappa shape index (κ2) is 3.65. The van der Waals surface area contributed by atoms with E-state index < -0.39 is 0 Å². The van der Waals surface area contributed by atoms with E-state index in [-0.39, 0.29) is 18.4 Å². The summed E-state index contributed by atoms with van der Waals surface area (Å²) >= 11 is 0. The first-order valence-corrected chi connectivity index (χ1v) is 6.33. The summed E-state index contributed by atoms with van der Waals surface area (Å²) in [6.07, 6.45) is 2.29. The van der Waals surface area contributed by atoms with Crippen LogP contribution in [0.4, 0.5) is 0 Å². The lowest BCUT2D eigenvalue weighted by molar-refractivity contribution is 0.0772. The van der Waals surface area contributed by atoms with Crippen molar-refractivity contribution >= 4 is 27.7 Å². The molecule has 2 aromatic heterocycles. The van der Waals surface area contributed by atoms with Gasteiger partial charge in [-0.1, -0.05) is 18.2 Å². The lowest BCUT2D eigenvalue weighted by atomic mass is 9.98. The average Bonchev–Trinajstić information content (AvgIpc) is 2.79. The standard InChI is InChI=1S/C15H12N2O2/c18-8-9-7-12-14-11(5-6-16-12)10-3-1-2-4-13(10)17(14)15(9)19/h1-6,9,18H,7-8H2. The van der Waals surface area contributed by atoms with E-state index in [0.717, 1.165) is 27.5 Å². The van der Waals surface area contributed by atoms with Crippen molar-refractivity contribution in [2.24, 2.45) is 5.92 Å². The van der Waals surface area contributed by atoms with E-state index >= 15 is 0 Å². The van der Waals surface area contributed by atoms with E-state index in [1.54, 1.807) is 10.8 Å². The molecule has 0 saturated heterocycles. The zero-order valence-corrected chi connectivity index (χ0v) is 10.2. The minimum atomic E-state index is -0.388. The lowest BCUT2D eigenvalue weighted by Crippen LogP contribution is -2.31. The van der Waals surface area contributed by atoms with Crippen molar-refractivity contribution < 1.29 is 9.90 Å². The molecule has 1 aromatic carbocycles. The van der Waals surface area contributed by atoms with Gasteiger partial charge in [-0.3, -0.25) is 14.3 Å². The van der Waals surface area contributed by atoms with Gasteiger partial charge in [-0.2, -0.15) is 0 Å². The van der Waals surface area contributed by atoms with Gasteiger partial charge in [0.25, 0.3) is 0 Å². The van der Waals surface area contributed by atoms with Gasteiger partial charge in [0.05, 0.1) is 29.3 Å². The largest absolute Gasteiger partial charge is 0.396 e. The Balaban J connectivity index is 2.23. The number of hydrogen-bond acceptors (Lipinski definition) is 3. The Kier molecular flexibility index (Phi) is 2.05.